The highest BCUT2D eigenvalue weighted by molar-refractivity contribution is 9.13. The van der Waals surface area contributed by atoms with E-state index in [1.54, 1.807) is 0 Å². The van der Waals surface area contributed by atoms with Gasteiger partial charge in [-0.15, -0.1) is 0 Å². The van der Waals surface area contributed by atoms with Crippen molar-refractivity contribution in [1.82, 2.24) is 5.43 Å². The second-order valence-corrected chi connectivity index (χ2v) is 7.26. The average molecular weight is 504 g/mol. The van der Waals surface area contributed by atoms with Gasteiger partial charge in [0.05, 0.1) is 17.9 Å². The molecule has 120 valence electrons. The average Bonchev–Trinajstić information content (AvgIpc) is 2.55. The minimum Gasteiger partial charge on any atom is -0.375 e. The number of hydrazone groups is 1. The van der Waals surface area contributed by atoms with Crippen LogP contribution < -0.4 is 10.7 Å². The molecule has 2 aromatic carbocycles. The van der Waals surface area contributed by atoms with Gasteiger partial charge in [-0.25, -0.2) is 5.43 Å². The number of rotatable bonds is 5. The zero-order valence-electron chi connectivity index (χ0n) is 12.2. The number of nitrogens with one attached hydrogen (secondary N) is 2. The van der Waals surface area contributed by atoms with Crippen LogP contribution in [0.1, 0.15) is 12.5 Å². The standard InChI is InChI=1S/C16H14Br3N3O/c1-10(11-5-3-2-4-6-11)21-22-16(23)9-20-15-8-13(18)12(17)7-14(15)19/h2-8,20H,9H2,1H3,(H,22,23)/b21-10-. The van der Waals surface area contributed by atoms with Crippen molar-refractivity contribution in [3.63, 3.8) is 0 Å². The molecular weight excluding hydrogens is 490 g/mol. The van der Waals surface area contributed by atoms with E-state index in [1.807, 2.05) is 49.4 Å². The topological polar surface area (TPSA) is 53.5 Å². The van der Waals surface area contributed by atoms with Crippen molar-refractivity contribution in [2.24, 2.45) is 5.10 Å². The van der Waals surface area contributed by atoms with E-state index in [0.29, 0.717) is 0 Å². The molecule has 2 rings (SSSR count). The highest BCUT2D eigenvalue weighted by Crippen LogP contribution is 2.32. The Bertz CT molecular complexity index is 733. The summed E-state index contributed by atoms with van der Waals surface area (Å²) in [6.45, 7) is 1.98. The molecule has 4 nitrogen and oxygen atoms in total. The van der Waals surface area contributed by atoms with Gasteiger partial charge in [0.2, 0.25) is 0 Å². The number of carbonyl (C=O) groups is 1. The lowest BCUT2D eigenvalue weighted by Crippen LogP contribution is -2.26. The van der Waals surface area contributed by atoms with Crippen molar-refractivity contribution < 1.29 is 4.79 Å². The summed E-state index contributed by atoms with van der Waals surface area (Å²) >= 11 is 10.3. The third kappa shape index (κ3) is 5.44. The summed E-state index contributed by atoms with van der Waals surface area (Å²) in [7, 11) is 0. The van der Waals surface area contributed by atoms with Crippen LogP contribution in [0.25, 0.3) is 0 Å². The molecule has 2 aromatic rings. The third-order valence-corrected chi connectivity index (χ3v) is 5.49. The van der Waals surface area contributed by atoms with Gasteiger partial charge in [-0.3, -0.25) is 4.79 Å². The zero-order chi connectivity index (χ0) is 16.8. The van der Waals surface area contributed by atoms with Gasteiger partial charge in [0.1, 0.15) is 0 Å². The molecule has 0 unspecified atom stereocenters. The van der Waals surface area contributed by atoms with Crippen LogP contribution in [0, 0.1) is 0 Å². The lowest BCUT2D eigenvalue weighted by molar-refractivity contribution is -0.119. The maximum absolute atomic E-state index is 11.9. The number of nitrogens with zero attached hydrogens (tertiary/aromatic N) is 1. The fourth-order valence-electron chi connectivity index (χ4n) is 1.76. The monoisotopic (exact) mass is 501 g/mol. The third-order valence-electron chi connectivity index (χ3n) is 2.99. The molecule has 0 aliphatic rings. The smallest absolute Gasteiger partial charge is 0.259 e. The molecule has 0 heterocycles. The molecule has 0 fully saturated rings. The maximum Gasteiger partial charge on any atom is 0.259 e. The number of amides is 1. The first kappa shape index (κ1) is 18.2. The van der Waals surface area contributed by atoms with Crippen LogP contribution in [0.2, 0.25) is 0 Å². The van der Waals surface area contributed by atoms with Gasteiger partial charge >= 0.3 is 0 Å². The number of hydrogen-bond acceptors (Lipinski definition) is 3. The van der Waals surface area contributed by atoms with E-state index in [-0.39, 0.29) is 12.5 Å². The largest absolute Gasteiger partial charge is 0.375 e. The van der Waals surface area contributed by atoms with Gasteiger partial charge < -0.3 is 5.32 Å². The molecule has 0 radical (unpaired) electrons. The predicted octanol–water partition coefficient (Wildman–Crippen LogP) is 4.93. The van der Waals surface area contributed by atoms with E-state index in [9.17, 15) is 4.79 Å². The van der Waals surface area contributed by atoms with Crippen LogP contribution in [-0.4, -0.2) is 18.2 Å². The molecule has 0 bridgehead atoms. The molecular formula is C16H14Br3N3O. The Labute approximate surface area is 160 Å². The van der Waals surface area contributed by atoms with Crippen LogP contribution in [0.3, 0.4) is 0 Å². The van der Waals surface area contributed by atoms with Crippen molar-refractivity contribution in [2.45, 2.75) is 6.92 Å². The molecule has 7 heteroatoms. The Morgan fingerprint density at radius 2 is 1.70 bits per heavy atom. The van der Waals surface area contributed by atoms with Gasteiger partial charge in [-0.1, -0.05) is 30.3 Å². The number of benzene rings is 2. The predicted molar refractivity (Wildman–Crippen MR) is 105 cm³/mol. The van der Waals surface area contributed by atoms with Crippen molar-refractivity contribution in [2.75, 3.05) is 11.9 Å². The molecule has 0 saturated carbocycles. The Morgan fingerprint density at radius 1 is 1.04 bits per heavy atom. The highest BCUT2D eigenvalue weighted by atomic mass is 79.9. The van der Waals surface area contributed by atoms with Crippen LogP contribution >= 0.6 is 47.8 Å². The number of carbonyl (C=O) groups excluding carboxylic acids is 1. The van der Waals surface area contributed by atoms with Gasteiger partial charge in [-0.05, 0) is 72.4 Å². The number of hydrogen-bond donors (Lipinski definition) is 2. The minimum atomic E-state index is -0.216. The number of halogens is 3. The molecule has 0 saturated heterocycles. The lowest BCUT2D eigenvalue weighted by Gasteiger charge is -2.09. The summed E-state index contributed by atoms with van der Waals surface area (Å²) in [5.74, 6) is -0.216. The second kappa shape index (κ2) is 8.61. The van der Waals surface area contributed by atoms with E-state index in [1.165, 1.54) is 0 Å². The molecule has 23 heavy (non-hydrogen) atoms. The van der Waals surface area contributed by atoms with Crippen LogP contribution in [0.5, 0.6) is 0 Å². The van der Waals surface area contributed by atoms with Crippen molar-refractivity contribution in [1.29, 1.82) is 0 Å². The van der Waals surface area contributed by atoms with E-state index in [0.717, 1.165) is 30.4 Å². The van der Waals surface area contributed by atoms with E-state index < -0.39 is 0 Å². The molecule has 0 spiro atoms. The first-order chi connectivity index (χ1) is 11.0. The van der Waals surface area contributed by atoms with Crippen molar-refractivity contribution in [3.8, 4) is 0 Å². The summed E-state index contributed by atoms with van der Waals surface area (Å²) in [6, 6.07) is 13.5. The van der Waals surface area contributed by atoms with E-state index in [4.69, 9.17) is 0 Å². The lowest BCUT2D eigenvalue weighted by atomic mass is 10.1. The molecule has 2 N–H and O–H groups in total. The van der Waals surface area contributed by atoms with Gasteiger partial charge in [0.15, 0.2) is 0 Å². The van der Waals surface area contributed by atoms with Crippen molar-refractivity contribution in [3.05, 3.63) is 61.4 Å². The van der Waals surface area contributed by atoms with E-state index in [2.05, 4.69) is 63.6 Å². The summed E-state index contributed by atoms with van der Waals surface area (Å²) in [4.78, 5) is 11.9. The zero-order valence-corrected chi connectivity index (χ0v) is 17.0. The molecule has 0 aliphatic heterocycles. The molecule has 0 aliphatic carbocycles. The molecule has 0 atom stereocenters. The summed E-state index contributed by atoms with van der Waals surface area (Å²) < 4.78 is 2.70. The fraction of sp³-hybridized carbons (Fsp3) is 0.125. The Balaban J connectivity index is 1.92. The van der Waals surface area contributed by atoms with Crippen LogP contribution in [-0.2, 0) is 4.79 Å². The Hall–Kier alpha value is -1.18. The second-order valence-electron chi connectivity index (χ2n) is 4.70. The first-order valence-corrected chi connectivity index (χ1v) is 9.12. The SMILES string of the molecule is C/C(=N/NC(=O)CNc1cc(Br)c(Br)cc1Br)c1ccccc1. The maximum atomic E-state index is 11.9. The fourth-order valence-corrected chi connectivity index (χ4v) is 3.24. The summed E-state index contributed by atoms with van der Waals surface area (Å²) in [6.07, 6.45) is 0. The van der Waals surface area contributed by atoms with Crippen LogP contribution in [0.15, 0.2) is 61.0 Å². The van der Waals surface area contributed by atoms with Crippen molar-refractivity contribution >= 4 is 65.1 Å². The minimum absolute atomic E-state index is 0.123. The summed E-state index contributed by atoms with van der Waals surface area (Å²) in [5, 5.41) is 7.17. The Morgan fingerprint density at radius 3 is 2.39 bits per heavy atom. The van der Waals surface area contributed by atoms with E-state index >= 15 is 0 Å². The number of anilines is 1. The summed E-state index contributed by atoms with van der Waals surface area (Å²) in [5.41, 5.74) is 5.09. The van der Waals surface area contributed by atoms with Gasteiger partial charge in [0.25, 0.3) is 5.91 Å². The van der Waals surface area contributed by atoms with Crippen LogP contribution in [0.4, 0.5) is 5.69 Å². The quantitative estimate of drug-likeness (QED) is 0.345. The van der Waals surface area contributed by atoms with Gasteiger partial charge in [-0.2, -0.15) is 5.10 Å². The molecule has 1 amide bonds. The highest BCUT2D eigenvalue weighted by Gasteiger charge is 2.07. The normalized spacial score (nSPS) is 11.2. The first-order valence-electron chi connectivity index (χ1n) is 6.74. The Kier molecular flexibility index (Phi) is 6.80. The van der Waals surface area contributed by atoms with Gasteiger partial charge in [0, 0.05) is 13.4 Å². The molecule has 0 aromatic heterocycles.